The number of anilines is 2. The molecule has 1 aliphatic heterocycles. The van der Waals surface area contributed by atoms with Gasteiger partial charge in [-0.25, -0.2) is 19.0 Å². The van der Waals surface area contributed by atoms with E-state index in [4.69, 9.17) is 4.74 Å². The van der Waals surface area contributed by atoms with Gasteiger partial charge in [0.05, 0.1) is 13.1 Å². The molecule has 5 aromatic rings. The van der Waals surface area contributed by atoms with E-state index in [1.807, 2.05) is 50.4 Å². The van der Waals surface area contributed by atoms with Crippen LogP contribution in [0.25, 0.3) is 11.2 Å². The highest BCUT2D eigenvalue weighted by Crippen LogP contribution is 2.38. The van der Waals surface area contributed by atoms with Gasteiger partial charge < -0.3 is 25.4 Å². The number of likely N-dealkylation sites (tertiary alicyclic amines) is 1. The highest BCUT2D eigenvalue weighted by atomic mass is 16.5. The number of fused-ring (bicyclic) bond motifs is 2. The fourth-order valence-electron chi connectivity index (χ4n) is 4.68. The summed E-state index contributed by atoms with van der Waals surface area (Å²) in [6, 6.07) is 11.2. The van der Waals surface area contributed by atoms with Gasteiger partial charge in [0.15, 0.2) is 11.5 Å². The standard InChI is InChI=1S/C27H27N9O3/c1-18-12-19(5-6-22(18)39-20-7-10-35-23(13-20)29-16-31-35)33-26-25-21(8-11-36(25)32-17-30-26)27(38)14-34(15-27)24(37)4-3-9-28-2/h3-8,10-13,16-17,28,38H,9,14-15H2,1-2H3,(H,30,32,33)/b4-3+. The molecule has 1 fully saturated rings. The third-order valence-electron chi connectivity index (χ3n) is 6.67. The number of β-amino-alcohol motifs (C(OH)–C–C–N with tert-alkyl or cyclic N) is 1. The molecule has 0 aliphatic carbocycles. The van der Waals surface area contributed by atoms with Gasteiger partial charge in [-0.1, -0.05) is 6.08 Å². The zero-order chi connectivity index (χ0) is 27.0. The number of aliphatic hydroxyl groups is 1. The summed E-state index contributed by atoms with van der Waals surface area (Å²) in [5, 5.41) is 26.1. The molecule has 6 rings (SSSR count). The Morgan fingerprint density at radius 1 is 1.10 bits per heavy atom. The summed E-state index contributed by atoms with van der Waals surface area (Å²) in [4.78, 5) is 22.6. The van der Waals surface area contributed by atoms with Crippen molar-refractivity contribution in [1.29, 1.82) is 0 Å². The molecule has 1 aliphatic rings. The molecule has 0 unspecified atom stereocenters. The van der Waals surface area contributed by atoms with Crippen LogP contribution in [0, 0.1) is 6.92 Å². The number of benzene rings is 1. The van der Waals surface area contributed by atoms with E-state index in [-0.39, 0.29) is 19.0 Å². The van der Waals surface area contributed by atoms with Crippen molar-refractivity contribution in [2.45, 2.75) is 12.5 Å². The van der Waals surface area contributed by atoms with Crippen LogP contribution < -0.4 is 15.4 Å². The maximum atomic E-state index is 12.4. The lowest BCUT2D eigenvalue weighted by Crippen LogP contribution is -2.60. The van der Waals surface area contributed by atoms with Crippen molar-refractivity contribution in [2.75, 3.05) is 32.0 Å². The van der Waals surface area contributed by atoms with Crippen molar-refractivity contribution in [3.05, 3.63) is 84.7 Å². The number of carbonyl (C=O) groups excluding carboxylic acids is 1. The van der Waals surface area contributed by atoms with Crippen LogP contribution in [0.4, 0.5) is 11.5 Å². The number of hydrogen-bond donors (Lipinski definition) is 3. The van der Waals surface area contributed by atoms with E-state index in [0.717, 1.165) is 11.3 Å². The van der Waals surface area contributed by atoms with Gasteiger partial charge in [0, 0.05) is 42.3 Å². The van der Waals surface area contributed by atoms with Crippen molar-refractivity contribution < 1.29 is 14.6 Å². The molecule has 5 heterocycles. The van der Waals surface area contributed by atoms with Crippen LogP contribution in [-0.2, 0) is 10.4 Å². The Morgan fingerprint density at radius 3 is 2.72 bits per heavy atom. The summed E-state index contributed by atoms with van der Waals surface area (Å²) in [5.41, 5.74) is 2.53. The summed E-state index contributed by atoms with van der Waals surface area (Å²) < 4.78 is 9.42. The highest BCUT2D eigenvalue weighted by Gasteiger charge is 2.46. The number of nitrogens with one attached hydrogen (secondary N) is 2. The Labute approximate surface area is 223 Å². The molecule has 0 atom stereocenters. The van der Waals surface area contributed by atoms with Crippen molar-refractivity contribution in [3.8, 4) is 11.5 Å². The van der Waals surface area contributed by atoms with Crippen LogP contribution >= 0.6 is 0 Å². The molecule has 1 amide bonds. The number of nitrogens with zero attached hydrogens (tertiary/aromatic N) is 7. The minimum absolute atomic E-state index is 0.132. The number of carbonyl (C=O) groups is 1. The second-order valence-corrected chi connectivity index (χ2v) is 9.45. The van der Waals surface area contributed by atoms with Gasteiger partial charge >= 0.3 is 0 Å². The number of amides is 1. The van der Waals surface area contributed by atoms with E-state index in [1.54, 1.807) is 32.4 Å². The quantitative estimate of drug-likeness (QED) is 0.261. The van der Waals surface area contributed by atoms with Gasteiger partial charge in [0.1, 0.15) is 35.3 Å². The average molecular weight is 526 g/mol. The number of ether oxygens (including phenoxy) is 1. The molecule has 3 N–H and O–H groups in total. The van der Waals surface area contributed by atoms with Crippen LogP contribution in [0.1, 0.15) is 11.1 Å². The van der Waals surface area contributed by atoms with Crippen molar-refractivity contribution in [2.24, 2.45) is 0 Å². The SMILES string of the molecule is CNC/C=C/C(=O)N1CC(O)(c2ccn3ncnc(Nc4ccc(Oc5ccn6ncnc6c5)c(C)c4)c23)C1. The van der Waals surface area contributed by atoms with E-state index >= 15 is 0 Å². The number of aryl methyl sites for hydroxylation is 1. The predicted octanol–water partition coefficient (Wildman–Crippen LogP) is 2.42. The summed E-state index contributed by atoms with van der Waals surface area (Å²) in [6.45, 7) is 2.94. The van der Waals surface area contributed by atoms with Gasteiger partial charge in [-0.05, 0) is 49.9 Å². The number of hydrogen-bond acceptors (Lipinski definition) is 9. The molecule has 12 nitrogen and oxygen atoms in total. The van der Waals surface area contributed by atoms with Gasteiger partial charge in [-0.15, -0.1) is 0 Å². The highest BCUT2D eigenvalue weighted by molar-refractivity contribution is 5.89. The third-order valence-corrected chi connectivity index (χ3v) is 6.67. The number of aromatic nitrogens is 6. The first-order valence-corrected chi connectivity index (χ1v) is 12.4. The van der Waals surface area contributed by atoms with Gasteiger partial charge in [0.2, 0.25) is 5.91 Å². The van der Waals surface area contributed by atoms with E-state index in [0.29, 0.717) is 40.6 Å². The zero-order valence-corrected chi connectivity index (χ0v) is 21.4. The molecule has 0 saturated carbocycles. The fraction of sp³-hybridized carbons (Fsp3) is 0.222. The number of rotatable bonds is 8. The molecule has 0 radical (unpaired) electrons. The topological polar surface area (TPSA) is 134 Å². The summed E-state index contributed by atoms with van der Waals surface area (Å²) >= 11 is 0. The van der Waals surface area contributed by atoms with Crippen LogP contribution in [0.2, 0.25) is 0 Å². The number of pyridine rings is 1. The van der Waals surface area contributed by atoms with Crippen LogP contribution in [0.15, 0.2) is 73.6 Å². The molecular formula is C27H27N9O3. The Hall–Kier alpha value is -4.81. The van der Waals surface area contributed by atoms with Crippen LogP contribution in [-0.4, -0.2) is 71.8 Å². The average Bonchev–Trinajstić information content (AvgIpc) is 3.56. The Bertz CT molecular complexity index is 1700. The second-order valence-electron chi connectivity index (χ2n) is 9.45. The molecule has 198 valence electrons. The van der Waals surface area contributed by atoms with Gasteiger partial charge in [-0.3, -0.25) is 4.79 Å². The molecule has 0 bridgehead atoms. The van der Waals surface area contributed by atoms with Gasteiger partial charge in [0.25, 0.3) is 0 Å². The van der Waals surface area contributed by atoms with Crippen molar-refractivity contribution in [3.63, 3.8) is 0 Å². The van der Waals surface area contributed by atoms with Crippen molar-refractivity contribution >= 4 is 28.6 Å². The summed E-state index contributed by atoms with van der Waals surface area (Å²) in [7, 11) is 1.81. The molecular weight excluding hydrogens is 498 g/mol. The second kappa shape index (κ2) is 9.82. The summed E-state index contributed by atoms with van der Waals surface area (Å²) in [5.74, 6) is 1.78. The molecule has 12 heteroatoms. The Balaban J connectivity index is 1.21. The lowest BCUT2D eigenvalue weighted by atomic mass is 9.86. The van der Waals surface area contributed by atoms with Crippen LogP contribution in [0.5, 0.6) is 11.5 Å². The zero-order valence-electron chi connectivity index (χ0n) is 21.4. The lowest BCUT2D eigenvalue weighted by Gasteiger charge is -2.46. The number of likely N-dealkylation sites (N-methyl/N-ethyl adjacent to an activating group) is 1. The largest absolute Gasteiger partial charge is 0.457 e. The van der Waals surface area contributed by atoms with E-state index in [9.17, 15) is 9.90 Å². The van der Waals surface area contributed by atoms with Crippen molar-refractivity contribution in [1.82, 2.24) is 39.4 Å². The molecule has 1 aromatic carbocycles. The Kier molecular flexibility index (Phi) is 6.17. The maximum Gasteiger partial charge on any atom is 0.246 e. The monoisotopic (exact) mass is 525 g/mol. The van der Waals surface area contributed by atoms with Crippen LogP contribution in [0.3, 0.4) is 0 Å². The van der Waals surface area contributed by atoms with E-state index in [1.165, 1.54) is 18.7 Å². The van der Waals surface area contributed by atoms with E-state index < -0.39 is 5.60 Å². The maximum absolute atomic E-state index is 12.4. The molecule has 4 aromatic heterocycles. The third kappa shape index (κ3) is 4.67. The fourth-order valence-corrected chi connectivity index (χ4v) is 4.68. The smallest absolute Gasteiger partial charge is 0.246 e. The minimum atomic E-state index is -1.19. The molecule has 1 saturated heterocycles. The van der Waals surface area contributed by atoms with E-state index in [2.05, 4.69) is 30.8 Å². The first kappa shape index (κ1) is 24.5. The first-order valence-electron chi connectivity index (χ1n) is 12.4. The Morgan fingerprint density at radius 2 is 1.90 bits per heavy atom. The lowest BCUT2D eigenvalue weighted by molar-refractivity contribution is -0.151. The normalized spacial score (nSPS) is 14.7. The predicted molar refractivity (Wildman–Crippen MR) is 144 cm³/mol. The van der Waals surface area contributed by atoms with Gasteiger partial charge in [-0.2, -0.15) is 10.2 Å². The molecule has 39 heavy (non-hydrogen) atoms. The molecule has 0 spiro atoms. The minimum Gasteiger partial charge on any atom is -0.457 e. The summed E-state index contributed by atoms with van der Waals surface area (Å²) in [6.07, 6.45) is 9.81. The first-order chi connectivity index (χ1) is 18.9.